The van der Waals surface area contributed by atoms with Crippen molar-refractivity contribution in [3.05, 3.63) is 28.2 Å². The van der Waals surface area contributed by atoms with Gasteiger partial charge in [-0.1, -0.05) is 11.8 Å². The number of benzene rings is 1. The maximum Gasteiger partial charge on any atom is 0.189 e. The zero-order valence-corrected chi connectivity index (χ0v) is 13.4. The second kappa shape index (κ2) is 10.7. The highest BCUT2D eigenvalue weighted by atomic mass is 79.9. The van der Waals surface area contributed by atoms with Gasteiger partial charge in [-0.2, -0.15) is 0 Å². The SMILES string of the molecule is CCOCOCC#Cc1ccc(Br)c(OCOCC)c1. The predicted octanol–water partition coefficient (Wildman–Crippen LogP) is 3.18. The Labute approximate surface area is 128 Å². The van der Waals surface area contributed by atoms with Crippen molar-refractivity contribution in [2.45, 2.75) is 13.8 Å². The van der Waals surface area contributed by atoms with Gasteiger partial charge in [0.15, 0.2) is 6.79 Å². The number of hydrogen-bond acceptors (Lipinski definition) is 4. The van der Waals surface area contributed by atoms with Crippen molar-refractivity contribution in [1.82, 2.24) is 0 Å². The molecule has 0 fully saturated rings. The average molecular weight is 343 g/mol. The van der Waals surface area contributed by atoms with Crippen LogP contribution in [-0.2, 0) is 14.2 Å². The maximum atomic E-state index is 5.49. The molecular weight excluding hydrogens is 324 g/mol. The molecule has 1 aromatic carbocycles. The van der Waals surface area contributed by atoms with E-state index in [1.807, 2.05) is 32.0 Å². The average Bonchev–Trinajstić information content (AvgIpc) is 2.46. The summed E-state index contributed by atoms with van der Waals surface area (Å²) < 4.78 is 21.7. The lowest BCUT2D eigenvalue weighted by Crippen LogP contribution is -2.02. The fourth-order valence-corrected chi connectivity index (χ4v) is 1.61. The quantitative estimate of drug-likeness (QED) is 0.413. The largest absolute Gasteiger partial charge is 0.466 e. The molecule has 0 saturated heterocycles. The molecule has 1 rings (SSSR count). The Kier molecular flexibility index (Phi) is 9.09. The molecular formula is C15H19BrO4. The standard InChI is InChI=1S/C15H19BrO4/c1-3-17-11-19-9-5-6-13-7-8-14(16)15(10-13)20-12-18-4-2/h7-8,10H,3-4,9,11-12H2,1-2H3. The highest BCUT2D eigenvalue weighted by Crippen LogP contribution is 2.25. The smallest absolute Gasteiger partial charge is 0.189 e. The predicted molar refractivity (Wildman–Crippen MR) is 80.6 cm³/mol. The van der Waals surface area contributed by atoms with Gasteiger partial charge in [0.2, 0.25) is 0 Å². The minimum Gasteiger partial charge on any atom is -0.466 e. The summed E-state index contributed by atoms with van der Waals surface area (Å²) in [6, 6.07) is 5.66. The van der Waals surface area contributed by atoms with Crippen molar-refractivity contribution >= 4 is 15.9 Å². The van der Waals surface area contributed by atoms with Crippen LogP contribution in [-0.4, -0.2) is 33.4 Å². The van der Waals surface area contributed by atoms with Crippen molar-refractivity contribution < 1.29 is 18.9 Å². The van der Waals surface area contributed by atoms with Crippen LogP contribution in [0.3, 0.4) is 0 Å². The van der Waals surface area contributed by atoms with Crippen LogP contribution in [0.15, 0.2) is 22.7 Å². The summed E-state index contributed by atoms with van der Waals surface area (Å²) in [5.74, 6) is 6.64. The van der Waals surface area contributed by atoms with Crippen molar-refractivity contribution in [1.29, 1.82) is 0 Å². The van der Waals surface area contributed by atoms with Gasteiger partial charge < -0.3 is 18.9 Å². The monoisotopic (exact) mass is 342 g/mol. The Morgan fingerprint density at radius 3 is 2.55 bits per heavy atom. The Morgan fingerprint density at radius 1 is 1.05 bits per heavy atom. The molecule has 5 heteroatoms. The van der Waals surface area contributed by atoms with Gasteiger partial charge >= 0.3 is 0 Å². The number of hydrogen-bond donors (Lipinski definition) is 0. The molecule has 0 atom stereocenters. The Hall–Kier alpha value is -1.06. The highest BCUT2D eigenvalue weighted by Gasteiger charge is 2.01. The van der Waals surface area contributed by atoms with Gasteiger partial charge in [-0.25, -0.2) is 0 Å². The molecule has 0 aromatic heterocycles. The molecule has 0 spiro atoms. The van der Waals surface area contributed by atoms with Crippen LogP contribution in [0.2, 0.25) is 0 Å². The van der Waals surface area contributed by atoms with E-state index >= 15 is 0 Å². The first kappa shape index (κ1) is 17.0. The Balaban J connectivity index is 2.49. The maximum absolute atomic E-state index is 5.49. The molecule has 0 radical (unpaired) electrons. The van der Waals surface area contributed by atoms with Crippen molar-refractivity contribution in [3.63, 3.8) is 0 Å². The summed E-state index contributed by atoms with van der Waals surface area (Å²) in [4.78, 5) is 0. The summed E-state index contributed by atoms with van der Waals surface area (Å²) in [5, 5.41) is 0. The molecule has 0 aliphatic heterocycles. The molecule has 0 aliphatic rings. The third-order valence-corrected chi connectivity index (χ3v) is 2.87. The fraction of sp³-hybridized carbons (Fsp3) is 0.467. The molecule has 1 aromatic rings. The molecule has 0 bridgehead atoms. The fourth-order valence-electron chi connectivity index (χ4n) is 1.25. The van der Waals surface area contributed by atoms with Gasteiger partial charge in [-0.05, 0) is 48.0 Å². The molecule has 0 heterocycles. The third-order valence-electron chi connectivity index (χ3n) is 2.21. The molecule has 0 saturated carbocycles. The van der Waals surface area contributed by atoms with E-state index < -0.39 is 0 Å². The van der Waals surface area contributed by atoms with Crippen LogP contribution in [0, 0.1) is 11.8 Å². The zero-order valence-electron chi connectivity index (χ0n) is 11.8. The van der Waals surface area contributed by atoms with Crippen LogP contribution < -0.4 is 4.74 Å². The van der Waals surface area contributed by atoms with Gasteiger partial charge in [0, 0.05) is 18.8 Å². The first-order chi connectivity index (χ1) is 9.77. The molecule has 0 amide bonds. The van der Waals surface area contributed by atoms with E-state index in [4.69, 9.17) is 18.9 Å². The molecule has 20 heavy (non-hydrogen) atoms. The van der Waals surface area contributed by atoms with Gasteiger partial charge in [0.1, 0.15) is 19.1 Å². The first-order valence-corrected chi connectivity index (χ1v) is 7.21. The molecule has 0 N–H and O–H groups in total. The molecule has 0 unspecified atom stereocenters. The number of halogens is 1. The van der Waals surface area contributed by atoms with Crippen LogP contribution >= 0.6 is 15.9 Å². The van der Waals surface area contributed by atoms with E-state index in [1.54, 1.807) is 0 Å². The lowest BCUT2D eigenvalue weighted by atomic mass is 10.2. The molecule has 4 nitrogen and oxygen atoms in total. The van der Waals surface area contributed by atoms with E-state index in [1.165, 1.54) is 0 Å². The summed E-state index contributed by atoms with van der Waals surface area (Å²) in [5.41, 5.74) is 0.861. The number of ether oxygens (including phenoxy) is 4. The number of rotatable bonds is 8. The lowest BCUT2D eigenvalue weighted by Gasteiger charge is -2.08. The zero-order chi connectivity index (χ0) is 14.6. The van der Waals surface area contributed by atoms with Crippen molar-refractivity contribution in [2.24, 2.45) is 0 Å². The molecule has 110 valence electrons. The third kappa shape index (κ3) is 6.92. The first-order valence-electron chi connectivity index (χ1n) is 6.42. The Bertz CT molecular complexity index is 451. The van der Waals surface area contributed by atoms with Gasteiger partial charge in [-0.15, -0.1) is 0 Å². The second-order valence-electron chi connectivity index (χ2n) is 3.66. The molecule has 0 aliphatic carbocycles. The lowest BCUT2D eigenvalue weighted by molar-refractivity contribution is -0.0371. The van der Waals surface area contributed by atoms with E-state index in [0.29, 0.717) is 25.6 Å². The minimum atomic E-state index is 0.226. The van der Waals surface area contributed by atoms with Gasteiger partial charge in [0.05, 0.1) is 4.47 Å². The van der Waals surface area contributed by atoms with Crippen molar-refractivity contribution in [3.8, 4) is 17.6 Å². The van der Waals surface area contributed by atoms with Gasteiger partial charge in [0.25, 0.3) is 0 Å². The minimum absolute atomic E-state index is 0.226. The highest BCUT2D eigenvalue weighted by molar-refractivity contribution is 9.10. The normalized spacial score (nSPS) is 9.95. The summed E-state index contributed by atoms with van der Waals surface area (Å²) >= 11 is 3.42. The Morgan fingerprint density at radius 2 is 1.80 bits per heavy atom. The van der Waals surface area contributed by atoms with Crippen molar-refractivity contribution in [2.75, 3.05) is 33.4 Å². The van der Waals surface area contributed by atoms with E-state index in [2.05, 4.69) is 27.8 Å². The van der Waals surface area contributed by atoms with E-state index in [9.17, 15) is 0 Å². The van der Waals surface area contributed by atoms with Crippen LogP contribution in [0.5, 0.6) is 5.75 Å². The van der Waals surface area contributed by atoms with Crippen LogP contribution in [0.25, 0.3) is 0 Å². The van der Waals surface area contributed by atoms with E-state index in [0.717, 1.165) is 10.0 Å². The van der Waals surface area contributed by atoms with Gasteiger partial charge in [-0.3, -0.25) is 0 Å². The van der Waals surface area contributed by atoms with Crippen LogP contribution in [0.4, 0.5) is 0 Å². The summed E-state index contributed by atoms with van der Waals surface area (Å²) in [6.45, 7) is 5.93. The summed E-state index contributed by atoms with van der Waals surface area (Å²) in [6.07, 6.45) is 0. The van der Waals surface area contributed by atoms with Crippen LogP contribution in [0.1, 0.15) is 19.4 Å². The topological polar surface area (TPSA) is 36.9 Å². The second-order valence-corrected chi connectivity index (χ2v) is 4.52. The van der Waals surface area contributed by atoms with E-state index in [-0.39, 0.29) is 13.6 Å². The summed E-state index contributed by atoms with van der Waals surface area (Å²) in [7, 11) is 0.